The molecule has 250 valence electrons. The largest absolute Gasteiger partial charge is 0.247 e. The Hall–Kier alpha value is -5.45. The van der Waals surface area contributed by atoms with Crippen LogP contribution in [0.3, 0.4) is 0 Å². The minimum absolute atomic E-state index is 0.279. The maximum atomic E-state index is 14.9. The minimum atomic E-state index is -2.28. The average Bonchev–Trinajstić information content (AvgIpc) is 3.14. The van der Waals surface area contributed by atoms with Crippen LogP contribution in [0.5, 0.6) is 0 Å². The molecule has 1 aromatic heterocycles. The van der Waals surface area contributed by atoms with Gasteiger partial charge in [-0.1, -0.05) is 54.6 Å². The fourth-order valence-corrected chi connectivity index (χ4v) is 7.13. The zero-order valence-electron chi connectivity index (χ0n) is 25.4. The fraction of sp³-hybridized carbons (Fsp3) is 0.103. The lowest BCUT2D eigenvalue weighted by Gasteiger charge is -2.29. The molecule has 0 bridgehead atoms. The van der Waals surface area contributed by atoms with Crippen LogP contribution in [0.2, 0.25) is 0 Å². The van der Waals surface area contributed by atoms with E-state index in [1.54, 1.807) is 0 Å². The Morgan fingerprint density at radius 3 is 1.14 bits per heavy atom. The molecule has 2 aliphatic rings. The molecule has 0 N–H and O–H groups in total. The second kappa shape index (κ2) is 11.6. The standard InChI is InChI=1S/C39H19F10N/c40-28-26(29(41)33(45)36(48)32(28)44)19-8-6-16-10-12-21-25(18-4-2-1-3-5-18)22-13-11-17-7-9-20(15-24(17)39(22)50-38(21)23(16)14-19)27-30(42)34(46)37(49)35(47)31(27)43/h1-9,14-15H,10-13H2. The molecule has 1 nitrogen and oxygen atoms in total. The van der Waals surface area contributed by atoms with Crippen molar-refractivity contribution >= 4 is 0 Å². The molecule has 1 heterocycles. The number of halogens is 10. The molecule has 0 aliphatic heterocycles. The van der Waals surface area contributed by atoms with Gasteiger partial charge >= 0.3 is 0 Å². The summed E-state index contributed by atoms with van der Waals surface area (Å²) in [6.07, 6.45) is 1.88. The summed E-state index contributed by atoms with van der Waals surface area (Å²) in [5.74, 6) is -20.9. The summed E-state index contributed by atoms with van der Waals surface area (Å²) in [6, 6.07) is 17.4. The summed E-state index contributed by atoms with van der Waals surface area (Å²) in [7, 11) is 0. The quantitative estimate of drug-likeness (QED) is 0.102. The maximum Gasteiger partial charge on any atom is 0.200 e. The summed E-state index contributed by atoms with van der Waals surface area (Å²) in [5.41, 5.74) is 3.15. The van der Waals surface area contributed by atoms with Crippen LogP contribution < -0.4 is 0 Å². The minimum Gasteiger partial charge on any atom is -0.247 e. The average molecular weight is 692 g/mol. The van der Waals surface area contributed by atoms with Gasteiger partial charge in [-0.2, -0.15) is 0 Å². The lowest BCUT2D eigenvalue weighted by atomic mass is 9.77. The van der Waals surface area contributed by atoms with Gasteiger partial charge in [-0.25, -0.2) is 48.9 Å². The van der Waals surface area contributed by atoms with Crippen LogP contribution in [-0.2, 0) is 25.7 Å². The van der Waals surface area contributed by atoms with Gasteiger partial charge in [-0.05, 0) is 82.3 Å². The van der Waals surface area contributed by atoms with Crippen molar-refractivity contribution in [2.24, 2.45) is 0 Å². The van der Waals surface area contributed by atoms with Gasteiger partial charge in [0.15, 0.2) is 46.5 Å². The van der Waals surface area contributed by atoms with E-state index in [9.17, 15) is 43.9 Å². The zero-order chi connectivity index (χ0) is 35.2. The molecule has 6 aromatic rings. The first-order valence-electron chi connectivity index (χ1n) is 15.4. The van der Waals surface area contributed by atoms with Gasteiger partial charge in [0.05, 0.1) is 22.5 Å². The SMILES string of the molecule is Fc1c(F)c(F)c(-c2ccc3c(c2)-c2nc4c(c(-c5ccccc5)c2CC3)CCc2ccc(-c3c(F)c(F)c(F)c(F)c3F)cc2-4)c(F)c1F. The van der Waals surface area contributed by atoms with E-state index < -0.39 is 69.3 Å². The van der Waals surface area contributed by atoms with E-state index in [-0.39, 0.29) is 11.1 Å². The highest BCUT2D eigenvalue weighted by atomic mass is 19.2. The van der Waals surface area contributed by atoms with Crippen molar-refractivity contribution in [1.29, 1.82) is 0 Å². The number of rotatable bonds is 3. The van der Waals surface area contributed by atoms with Crippen LogP contribution in [0.4, 0.5) is 43.9 Å². The number of hydrogen-bond donors (Lipinski definition) is 0. The summed E-state index contributed by atoms with van der Waals surface area (Å²) in [6.45, 7) is 0. The van der Waals surface area contributed by atoms with E-state index in [1.807, 2.05) is 30.3 Å². The number of aromatic nitrogens is 1. The van der Waals surface area contributed by atoms with Crippen LogP contribution in [0.25, 0.3) is 55.9 Å². The lowest BCUT2D eigenvalue weighted by molar-refractivity contribution is 0.381. The van der Waals surface area contributed by atoms with Crippen molar-refractivity contribution in [1.82, 2.24) is 4.98 Å². The molecule has 0 amide bonds. The predicted octanol–water partition coefficient (Wildman–Crippen LogP) is 11.0. The van der Waals surface area contributed by atoms with Crippen molar-refractivity contribution in [2.75, 3.05) is 0 Å². The van der Waals surface area contributed by atoms with E-state index in [4.69, 9.17) is 4.98 Å². The van der Waals surface area contributed by atoms with Gasteiger partial charge in [0.1, 0.15) is 0 Å². The van der Waals surface area contributed by atoms with E-state index in [2.05, 4.69) is 0 Å². The first-order chi connectivity index (χ1) is 24.0. The van der Waals surface area contributed by atoms with E-state index in [0.717, 1.165) is 22.3 Å². The maximum absolute atomic E-state index is 14.9. The van der Waals surface area contributed by atoms with Crippen molar-refractivity contribution < 1.29 is 43.9 Å². The number of hydrogen-bond acceptors (Lipinski definition) is 1. The normalized spacial score (nSPS) is 13.1. The molecule has 8 rings (SSSR count). The Bertz CT molecular complexity index is 2230. The van der Waals surface area contributed by atoms with Gasteiger partial charge in [0.25, 0.3) is 0 Å². The topological polar surface area (TPSA) is 12.9 Å². The number of nitrogens with zero attached hydrogens (tertiary/aromatic N) is 1. The Balaban J connectivity index is 1.40. The second-order valence-corrected chi connectivity index (χ2v) is 12.1. The van der Waals surface area contributed by atoms with Gasteiger partial charge in [-0.3, -0.25) is 0 Å². The summed E-state index contributed by atoms with van der Waals surface area (Å²) < 4.78 is 144. The molecule has 0 spiro atoms. The van der Waals surface area contributed by atoms with Crippen molar-refractivity contribution in [3.8, 4) is 55.9 Å². The Labute approximate surface area is 277 Å². The van der Waals surface area contributed by atoms with Crippen LogP contribution >= 0.6 is 0 Å². The molecule has 0 unspecified atom stereocenters. The highest BCUT2D eigenvalue weighted by Crippen LogP contribution is 2.47. The van der Waals surface area contributed by atoms with Gasteiger partial charge in [-0.15, -0.1) is 0 Å². The zero-order valence-corrected chi connectivity index (χ0v) is 25.4. The fourth-order valence-electron chi connectivity index (χ4n) is 7.13. The second-order valence-electron chi connectivity index (χ2n) is 12.1. The molecule has 2 aliphatic carbocycles. The molecule has 11 heteroatoms. The van der Waals surface area contributed by atoms with Gasteiger partial charge in [0, 0.05) is 11.1 Å². The molecule has 0 radical (unpaired) electrons. The van der Waals surface area contributed by atoms with Gasteiger partial charge in [0.2, 0.25) is 11.6 Å². The highest BCUT2D eigenvalue weighted by Gasteiger charge is 2.33. The summed E-state index contributed by atoms with van der Waals surface area (Å²) in [4.78, 5) is 4.99. The van der Waals surface area contributed by atoms with Crippen LogP contribution in [-0.4, -0.2) is 4.98 Å². The molecule has 0 saturated carbocycles. The molecule has 5 aromatic carbocycles. The smallest absolute Gasteiger partial charge is 0.200 e. The van der Waals surface area contributed by atoms with Crippen LogP contribution in [0.15, 0.2) is 66.7 Å². The van der Waals surface area contributed by atoms with Gasteiger partial charge < -0.3 is 0 Å². The molecular formula is C39H19F10N. The van der Waals surface area contributed by atoms with Crippen molar-refractivity contribution in [2.45, 2.75) is 25.7 Å². The number of benzene rings is 5. The van der Waals surface area contributed by atoms with E-state index in [0.29, 0.717) is 59.3 Å². The van der Waals surface area contributed by atoms with Crippen LogP contribution in [0.1, 0.15) is 22.3 Å². The third-order valence-corrected chi connectivity index (χ3v) is 9.48. The number of pyridine rings is 1. The Kier molecular flexibility index (Phi) is 7.36. The summed E-state index contributed by atoms with van der Waals surface area (Å²) in [5, 5.41) is 0. The van der Waals surface area contributed by atoms with Crippen LogP contribution in [0, 0.1) is 58.2 Å². The highest BCUT2D eigenvalue weighted by molar-refractivity contribution is 5.90. The third-order valence-electron chi connectivity index (χ3n) is 9.48. The monoisotopic (exact) mass is 691 g/mol. The number of aryl methyl sites for hydroxylation is 2. The van der Waals surface area contributed by atoms with Crippen molar-refractivity contribution in [3.05, 3.63) is 147 Å². The first kappa shape index (κ1) is 31.8. The first-order valence-corrected chi connectivity index (χ1v) is 15.4. The predicted molar refractivity (Wildman–Crippen MR) is 166 cm³/mol. The van der Waals surface area contributed by atoms with Crippen molar-refractivity contribution in [3.63, 3.8) is 0 Å². The molecule has 0 fully saturated rings. The third kappa shape index (κ3) is 4.59. The van der Waals surface area contributed by atoms with E-state index >= 15 is 0 Å². The Morgan fingerprint density at radius 1 is 0.360 bits per heavy atom. The molecular weight excluding hydrogens is 672 g/mol. The van der Waals surface area contributed by atoms with E-state index in [1.165, 1.54) is 36.4 Å². The Morgan fingerprint density at radius 2 is 0.740 bits per heavy atom. The molecule has 0 atom stereocenters. The molecule has 50 heavy (non-hydrogen) atoms. The lowest BCUT2D eigenvalue weighted by Crippen LogP contribution is -2.15. The number of fused-ring (bicyclic) bond motifs is 6. The summed E-state index contributed by atoms with van der Waals surface area (Å²) >= 11 is 0. The molecule has 0 saturated heterocycles.